The number of nitriles is 1. The second-order valence-electron chi connectivity index (χ2n) is 6.03. The molecular formula is C22H17N. The predicted octanol–water partition coefficient (Wildman–Crippen LogP) is 5.50. The van der Waals surface area contributed by atoms with E-state index in [1.54, 1.807) is 0 Å². The molecule has 1 atom stereocenters. The van der Waals surface area contributed by atoms with Crippen molar-refractivity contribution in [3.63, 3.8) is 0 Å². The third-order valence-corrected chi connectivity index (χ3v) is 4.82. The minimum Gasteiger partial charge on any atom is -0.198 e. The molecule has 1 nitrogen and oxygen atoms in total. The van der Waals surface area contributed by atoms with Gasteiger partial charge in [-0.1, -0.05) is 78.9 Å². The monoisotopic (exact) mass is 295 g/mol. The van der Waals surface area contributed by atoms with Crippen LogP contribution in [0.4, 0.5) is 0 Å². The van der Waals surface area contributed by atoms with Crippen LogP contribution in [0, 0.1) is 11.3 Å². The highest BCUT2D eigenvalue weighted by Gasteiger charge is 2.34. The molecule has 0 saturated heterocycles. The first-order valence-electron chi connectivity index (χ1n) is 8.00. The Morgan fingerprint density at radius 1 is 0.739 bits per heavy atom. The molecule has 3 aromatic carbocycles. The van der Waals surface area contributed by atoms with Crippen LogP contribution in [0.2, 0.25) is 0 Å². The van der Waals surface area contributed by atoms with Crippen molar-refractivity contribution in [2.24, 2.45) is 0 Å². The Bertz CT molecular complexity index is 828. The lowest BCUT2D eigenvalue weighted by atomic mass is 9.78. The lowest BCUT2D eigenvalue weighted by Crippen LogP contribution is -2.10. The van der Waals surface area contributed by atoms with Crippen molar-refractivity contribution in [2.75, 3.05) is 0 Å². The van der Waals surface area contributed by atoms with Crippen LogP contribution >= 0.6 is 0 Å². The molecule has 23 heavy (non-hydrogen) atoms. The van der Waals surface area contributed by atoms with E-state index in [2.05, 4.69) is 78.9 Å². The lowest BCUT2D eigenvalue weighted by Gasteiger charge is -2.24. The molecule has 0 aliphatic heterocycles. The smallest absolute Gasteiger partial charge is 0.0628 e. The summed E-state index contributed by atoms with van der Waals surface area (Å²) in [5.74, 6) is 0.440. The summed E-state index contributed by atoms with van der Waals surface area (Å²) in [6.45, 7) is 0. The maximum absolute atomic E-state index is 9.40. The van der Waals surface area contributed by atoms with E-state index in [0.717, 1.165) is 0 Å². The number of fused-ring (bicyclic) bond motifs is 3. The fraction of sp³-hybridized carbons (Fsp3) is 0.136. The third kappa shape index (κ3) is 2.24. The van der Waals surface area contributed by atoms with E-state index < -0.39 is 0 Å². The van der Waals surface area contributed by atoms with Gasteiger partial charge in [-0.05, 0) is 27.8 Å². The van der Waals surface area contributed by atoms with Gasteiger partial charge in [0.1, 0.15) is 0 Å². The number of hydrogen-bond acceptors (Lipinski definition) is 1. The van der Waals surface area contributed by atoms with E-state index in [4.69, 9.17) is 0 Å². The molecule has 0 fully saturated rings. The summed E-state index contributed by atoms with van der Waals surface area (Å²) in [5.41, 5.74) is 6.56. The van der Waals surface area contributed by atoms with Gasteiger partial charge in [-0.3, -0.25) is 0 Å². The highest BCUT2D eigenvalue weighted by atomic mass is 14.4. The van der Waals surface area contributed by atoms with Crippen LogP contribution in [0.5, 0.6) is 0 Å². The van der Waals surface area contributed by atoms with Crippen LogP contribution in [-0.2, 0) is 0 Å². The van der Waals surface area contributed by atoms with Crippen molar-refractivity contribution < 1.29 is 0 Å². The van der Waals surface area contributed by atoms with Crippen LogP contribution in [0.3, 0.4) is 0 Å². The van der Waals surface area contributed by atoms with Gasteiger partial charge in [0.15, 0.2) is 0 Å². The van der Waals surface area contributed by atoms with Crippen LogP contribution in [0.25, 0.3) is 11.1 Å². The first-order valence-corrected chi connectivity index (χ1v) is 8.00. The molecule has 1 heteroatoms. The van der Waals surface area contributed by atoms with Crippen molar-refractivity contribution in [1.29, 1.82) is 5.26 Å². The number of benzene rings is 3. The van der Waals surface area contributed by atoms with Crippen LogP contribution < -0.4 is 0 Å². The van der Waals surface area contributed by atoms with Gasteiger partial charge in [-0.25, -0.2) is 0 Å². The topological polar surface area (TPSA) is 23.8 Å². The summed E-state index contributed by atoms with van der Waals surface area (Å²) in [6, 6.07) is 30.1. The van der Waals surface area contributed by atoms with E-state index in [9.17, 15) is 5.26 Å². The van der Waals surface area contributed by atoms with Gasteiger partial charge < -0.3 is 0 Å². The minimum absolute atomic E-state index is 0.186. The zero-order chi connectivity index (χ0) is 15.6. The van der Waals surface area contributed by atoms with E-state index >= 15 is 0 Å². The number of nitrogens with zero attached hydrogens (tertiary/aromatic N) is 1. The largest absolute Gasteiger partial charge is 0.198 e. The summed E-state index contributed by atoms with van der Waals surface area (Å²) < 4.78 is 0. The minimum atomic E-state index is 0.186. The van der Waals surface area contributed by atoms with Gasteiger partial charge in [0.2, 0.25) is 0 Å². The Morgan fingerprint density at radius 3 is 1.83 bits per heavy atom. The van der Waals surface area contributed by atoms with E-state index in [1.165, 1.54) is 27.8 Å². The van der Waals surface area contributed by atoms with Crippen molar-refractivity contribution in [3.05, 3.63) is 95.6 Å². The third-order valence-electron chi connectivity index (χ3n) is 4.82. The molecule has 0 bridgehead atoms. The van der Waals surface area contributed by atoms with Crippen molar-refractivity contribution in [2.45, 2.75) is 18.3 Å². The normalized spacial score (nSPS) is 13.9. The molecule has 110 valence electrons. The molecule has 0 aromatic heterocycles. The molecular weight excluding hydrogens is 278 g/mol. The van der Waals surface area contributed by atoms with Gasteiger partial charge >= 0.3 is 0 Å². The fourth-order valence-electron chi connectivity index (χ4n) is 3.85. The maximum Gasteiger partial charge on any atom is 0.0628 e. The average Bonchev–Trinajstić information content (AvgIpc) is 2.95. The molecule has 1 aliphatic rings. The molecule has 0 unspecified atom stereocenters. The average molecular weight is 295 g/mol. The Morgan fingerprint density at radius 2 is 1.26 bits per heavy atom. The predicted molar refractivity (Wildman–Crippen MR) is 93.1 cm³/mol. The van der Waals surface area contributed by atoms with Gasteiger partial charge in [-0.15, -0.1) is 0 Å². The van der Waals surface area contributed by atoms with Crippen molar-refractivity contribution in [3.8, 4) is 17.2 Å². The van der Waals surface area contributed by atoms with Crippen LogP contribution in [-0.4, -0.2) is 0 Å². The number of rotatable bonds is 3. The summed E-state index contributed by atoms with van der Waals surface area (Å²) in [5, 5.41) is 9.40. The molecule has 0 radical (unpaired) electrons. The molecule has 0 amide bonds. The molecule has 0 N–H and O–H groups in total. The van der Waals surface area contributed by atoms with Crippen molar-refractivity contribution >= 4 is 0 Å². The zero-order valence-electron chi connectivity index (χ0n) is 12.8. The highest BCUT2D eigenvalue weighted by molar-refractivity contribution is 5.79. The van der Waals surface area contributed by atoms with Gasteiger partial charge in [0, 0.05) is 18.3 Å². The van der Waals surface area contributed by atoms with Gasteiger partial charge in [0.05, 0.1) is 6.07 Å². The second kappa shape index (κ2) is 5.74. The second-order valence-corrected chi connectivity index (χ2v) is 6.03. The first kappa shape index (κ1) is 13.8. The summed E-state index contributed by atoms with van der Waals surface area (Å²) >= 11 is 0. The van der Waals surface area contributed by atoms with Crippen LogP contribution in [0.15, 0.2) is 78.9 Å². The SMILES string of the molecule is N#CC[C@H](c1ccccc1)C1c2ccccc2-c2ccccc21. The van der Waals surface area contributed by atoms with Crippen molar-refractivity contribution in [1.82, 2.24) is 0 Å². The molecule has 0 spiro atoms. The summed E-state index contributed by atoms with van der Waals surface area (Å²) in [6.07, 6.45) is 0.525. The van der Waals surface area contributed by atoms with E-state index in [0.29, 0.717) is 6.42 Å². The number of hydrogen-bond donors (Lipinski definition) is 0. The Labute approximate surface area is 136 Å². The first-order chi connectivity index (χ1) is 11.4. The highest BCUT2D eigenvalue weighted by Crippen LogP contribution is 2.51. The Kier molecular flexibility index (Phi) is 3.44. The van der Waals surface area contributed by atoms with Crippen LogP contribution in [0.1, 0.15) is 34.9 Å². The van der Waals surface area contributed by atoms with E-state index in [-0.39, 0.29) is 11.8 Å². The fourth-order valence-corrected chi connectivity index (χ4v) is 3.85. The summed E-state index contributed by atoms with van der Waals surface area (Å²) in [4.78, 5) is 0. The van der Waals surface area contributed by atoms with Gasteiger partial charge in [0.25, 0.3) is 0 Å². The summed E-state index contributed by atoms with van der Waals surface area (Å²) in [7, 11) is 0. The molecule has 0 heterocycles. The molecule has 3 aromatic rings. The lowest BCUT2D eigenvalue weighted by molar-refractivity contribution is 0.626. The Balaban J connectivity index is 1.91. The Hall–Kier alpha value is -2.85. The molecule has 1 aliphatic carbocycles. The van der Waals surface area contributed by atoms with E-state index in [1.807, 2.05) is 6.07 Å². The zero-order valence-corrected chi connectivity index (χ0v) is 12.8. The standard InChI is InChI=1S/C22H17N/c23-15-14-17(16-8-2-1-3-9-16)22-20-12-6-4-10-18(20)19-11-5-7-13-21(19)22/h1-13,17,22H,14H2/t17-/m1/s1. The maximum atomic E-state index is 9.40. The molecule has 0 saturated carbocycles. The van der Waals surface area contributed by atoms with Gasteiger partial charge in [-0.2, -0.15) is 5.26 Å². The molecule has 4 rings (SSSR count). The quantitative estimate of drug-likeness (QED) is 0.626.